The number of likely N-dealkylation sites (N-methyl/N-ethyl adjacent to an activating group) is 1. The van der Waals surface area contributed by atoms with Gasteiger partial charge in [0.1, 0.15) is 5.75 Å². The lowest BCUT2D eigenvalue weighted by Crippen LogP contribution is -2.49. The van der Waals surface area contributed by atoms with Crippen LogP contribution in [0.5, 0.6) is 5.75 Å². The zero-order valence-corrected chi connectivity index (χ0v) is 16.4. The molecule has 1 aliphatic rings. The Bertz CT molecular complexity index is 610. The molecule has 1 aliphatic heterocycles. The molecule has 6 nitrogen and oxygen atoms in total. The van der Waals surface area contributed by atoms with Crippen molar-refractivity contribution in [3.8, 4) is 5.75 Å². The van der Waals surface area contributed by atoms with Crippen molar-refractivity contribution in [2.45, 2.75) is 40.2 Å². The van der Waals surface area contributed by atoms with Gasteiger partial charge in [-0.25, -0.2) is 0 Å². The Balaban J connectivity index is 2.01. The van der Waals surface area contributed by atoms with Crippen LogP contribution >= 0.6 is 0 Å². The van der Waals surface area contributed by atoms with Crippen molar-refractivity contribution < 1.29 is 14.3 Å². The summed E-state index contributed by atoms with van der Waals surface area (Å²) in [5.41, 5.74) is 0.720. The molecule has 0 unspecified atom stereocenters. The number of amides is 2. The van der Waals surface area contributed by atoms with Crippen LogP contribution in [0.1, 0.15) is 34.1 Å². The summed E-state index contributed by atoms with van der Waals surface area (Å²) in [5.74, 6) is 0.685. The van der Waals surface area contributed by atoms with E-state index in [-0.39, 0.29) is 17.9 Å². The van der Waals surface area contributed by atoms with Crippen LogP contribution in [-0.4, -0.2) is 67.0 Å². The monoisotopic (exact) mass is 361 g/mol. The molecule has 0 radical (unpaired) electrons. The zero-order valence-electron chi connectivity index (χ0n) is 16.4. The summed E-state index contributed by atoms with van der Waals surface area (Å²) in [5, 5.41) is 0. The van der Waals surface area contributed by atoms with Gasteiger partial charge in [0.2, 0.25) is 11.8 Å². The average molecular weight is 361 g/mol. The number of ether oxygens (including phenoxy) is 1. The molecule has 2 amide bonds. The molecule has 1 saturated heterocycles. The number of para-hydroxylation sites is 2. The Morgan fingerprint density at radius 2 is 1.81 bits per heavy atom. The molecule has 0 atom stereocenters. The highest BCUT2D eigenvalue weighted by Crippen LogP contribution is 2.29. The zero-order chi connectivity index (χ0) is 19.1. The fraction of sp³-hybridized carbons (Fsp3) is 0.600. The Morgan fingerprint density at radius 3 is 2.38 bits per heavy atom. The van der Waals surface area contributed by atoms with E-state index in [1.165, 1.54) is 6.92 Å². The van der Waals surface area contributed by atoms with Crippen molar-refractivity contribution >= 4 is 17.5 Å². The molecular formula is C20H31N3O3. The number of rotatable bonds is 7. The van der Waals surface area contributed by atoms with Gasteiger partial charge in [-0.05, 0) is 32.5 Å². The number of piperazine rings is 1. The van der Waals surface area contributed by atoms with Crippen molar-refractivity contribution in [3.63, 3.8) is 0 Å². The highest BCUT2D eigenvalue weighted by atomic mass is 16.5. The number of benzene rings is 1. The summed E-state index contributed by atoms with van der Waals surface area (Å²) in [7, 11) is 0. The summed E-state index contributed by atoms with van der Waals surface area (Å²) in [4.78, 5) is 30.6. The average Bonchev–Trinajstić information content (AvgIpc) is 2.62. The van der Waals surface area contributed by atoms with Gasteiger partial charge in [0.05, 0.1) is 11.8 Å². The molecule has 2 rings (SSSR count). The van der Waals surface area contributed by atoms with E-state index in [4.69, 9.17) is 4.74 Å². The highest BCUT2D eigenvalue weighted by molar-refractivity contribution is 5.93. The second-order valence-corrected chi connectivity index (χ2v) is 6.87. The molecule has 1 fully saturated rings. The minimum Gasteiger partial charge on any atom is -0.489 e. The molecule has 6 heteroatoms. The van der Waals surface area contributed by atoms with Gasteiger partial charge in [-0.15, -0.1) is 0 Å². The SMILES string of the molecule is CCN1CCN(C(=O)CCN(C(C)=O)c2ccccc2OC(C)C)CC1. The predicted molar refractivity (Wildman–Crippen MR) is 104 cm³/mol. The molecule has 1 aromatic rings. The van der Waals surface area contributed by atoms with Crippen LogP contribution in [0.15, 0.2) is 24.3 Å². The Hall–Kier alpha value is -2.08. The minimum absolute atomic E-state index is 0.0152. The van der Waals surface area contributed by atoms with Gasteiger partial charge >= 0.3 is 0 Å². The van der Waals surface area contributed by atoms with Crippen LogP contribution in [0.4, 0.5) is 5.69 Å². The van der Waals surface area contributed by atoms with Crippen LogP contribution in [-0.2, 0) is 9.59 Å². The van der Waals surface area contributed by atoms with Gasteiger partial charge in [-0.3, -0.25) is 9.59 Å². The third kappa shape index (κ3) is 5.46. The van der Waals surface area contributed by atoms with Gasteiger partial charge in [0.25, 0.3) is 0 Å². The molecule has 0 spiro atoms. The van der Waals surface area contributed by atoms with Gasteiger partial charge in [-0.1, -0.05) is 19.1 Å². The lowest BCUT2D eigenvalue weighted by Gasteiger charge is -2.34. The highest BCUT2D eigenvalue weighted by Gasteiger charge is 2.22. The van der Waals surface area contributed by atoms with Crippen LogP contribution in [0.2, 0.25) is 0 Å². The molecule has 0 bridgehead atoms. The van der Waals surface area contributed by atoms with E-state index in [1.54, 1.807) is 4.90 Å². The first-order valence-corrected chi connectivity index (χ1v) is 9.46. The Morgan fingerprint density at radius 1 is 1.15 bits per heavy atom. The minimum atomic E-state index is -0.0894. The molecule has 144 valence electrons. The number of anilines is 1. The van der Waals surface area contributed by atoms with E-state index in [9.17, 15) is 9.59 Å². The molecule has 26 heavy (non-hydrogen) atoms. The normalized spacial score (nSPS) is 15.2. The second-order valence-electron chi connectivity index (χ2n) is 6.87. The van der Waals surface area contributed by atoms with Crippen molar-refractivity contribution in [3.05, 3.63) is 24.3 Å². The van der Waals surface area contributed by atoms with E-state index < -0.39 is 0 Å². The number of nitrogens with zero attached hydrogens (tertiary/aromatic N) is 3. The van der Waals surface area contributed by atoms with Gasteiger partial charge in [0, 0.05) is 46.1 Å². The Labute approximate surface area is 156 Å². The molecule has 1 aromatic carbocycles. The van der Waals surface area contributed by atoms with Crippen LogP contribution < -0.4 is 9.64 Å². The van der Waals surface area contributed by atoms with Crippen LogP contribution in [0, 0.1) is 0 Å². The first kappa shape index (κ1) is 20.2. The second kappa shape index (κ2) is 9.57. The van der Waals surface area contributed by atoms with Crippen molar-refractivity contribution in [1.82, 2.24) is 9.80 Å². The van der Waals surface area contributed by atoms with Crippen LogP contribution in [0.3, 0.4) is 0 Å². The lowest BCUT2D eigenvalue weighted by molar-refractivity contribution is -0.132. The van der Waals surface area contributed by atoms with Crippen LogP contribution in [0.25, 0.3) is 0 Å². The number of carbonyl (C=O) groups is 2. The van der Waals surface area contributed by atoms with Crippen molar-refractivity contribution in [2.24, 2.45) is 0 Å². The third-order valence-corrected chi connectivity index (χ3v) is 4.62. The summed E-state index contributed by atoms with van der Waals surface area (Å²) < 4.78 is 5.83. The first-order valence-electron chi connectivity index (χ1n) is 9.46. The molecule has 0 N–H and O–H groups in total. The van der Waals surface area contributed by atoms with E-state index in [0.717, 1.165) is 38.4 Å². The number of carbonyl (C=O) groups excluding carboxylic acids is 2. The summed E-state index contributed by atoms with van der Waals surface area (Å²) in [6.07, 6.45) is 0.336. The van der Waals surface area contributed by atoms with E-state index in [2.05, 4.69) is 11.8 Å². The Kier molecular flexibility index (Phi) is 7.45. The standard InChI is InChI=1S/C20H31N3O3/c1-5-21-12-14-22(15-13-21)20(25)10-11-23(17(4)24)18-8-6-7-9-19(18)26-16(2)3/h6-9,16H,5,10-15H2,1-4H3. The third-order valence-electron chi connectivity index (χ3n) is 4.62. The molecular weight excluding hydrogens is 330 g/mol. The van der Waals surface area contributed by atoms with E-state index >= 15 is 0 Å². The quantitative estimate of drug-likeness (QED) is 0.748. The number of hydrogen-bond acceptors (Lipinski definition) is 4. The smallest absolute Gasteiger partial charge is 0.224 e. The van der Waals surface area contributed by atoms with Crippen molar-refractivity contribution in [1.29, 1.82) is 0 Å². The van der Waals surface area contributed by atoms with Gasteiger partial charge in [0.15, 0.2) is 0 Å². The summed E-state index contributed by atoms with van der Waals surface area (Å²) in [6.45, 7) is 12.3. The van der Waals surface area contributed by atoms with Crippen molar-refractivity contribution in [2.75, 3.05) is 44.2 Å². The predicted octanol–water partition coefficient (Wildman–Crippen LogP) is 2.38. The van der Waals surface area contributed by atoms with E-state index in [1.807, 2.05) is 43.0 Å². The summed E-state index contributed by atoms with van der Waals surface area (Å²) >= 11 is 0. The van der Waals surface area contributed by atoms with E-state index in [0.29, 0.717) is 18.7 Å². The molecule has 0 saturated carbocycles. The maximum Gasteiger partial charge on any atom is 0.224 e. The summed E-state index contributed by atoms with van der Waals surface area (Å²) in [6, 6.07) is 7.49. The molecule has 0 aliphatic carbocycles. The fourth-order valence-corrected chi connectivity index (χ4v) is 3.16. The fourth-order valence-electron chi connectivity index (χ4n) is 3.16. The topological polar surface area (TPSA) is 53.1 Å². The molecule has 0 aromatic heterocycles. The maximum absolute atomic E-state index is 12.6. The first-order chi connectivity index (χ1) is 12.4. The van der Waals surface area contributed by atoms with Gasteiger partial charge in [-0.2, -0.15) is 0 Å². The van der Waals surface area contributed by atoms with Gasteiger partial charge < -0.3 is 19.4 Å². The lowest BCUT2D eigenvalue weighted by atomic mass is 10.2. The number of hydrogen-bond donors (Lipinski definition) is 0. The molecule has 1 heterocycles. The maximum atomic E-state index is 12.6. The largest absolute Gasteiger partial charge is 0.489 e.